The van der Waals surface area contributed by atoms with Crippen molar-refractivity contribution in [2.45, 2.75) is 103 Å². The van der Waals surface area contributed by atoms with Crippen molar-refractivity contribution < 1.29 is 12.6 Å². The van der Waals surface area contributed by atoms with Gasteiger partial charge in [0.05, 0.1) is 11.5 Å². The Morgan fingerprint density at radius 3 is 1.85 bits per heavy atom. The molecule has 150 valence electrons. The molecule has 0 aliphatic heterocycles. The van der Waals surface area contributed by atoms with Crippen LogP contribution < -0.4 is 0 Å². The Hall–Kier alpha value is -0.870. The number of benzene rings is 1. The highest BCUT2D eigenvalue weighted by atomic mass is 32.2. The van der Waals surface area contributed by atoms with E-state index in [4.69, 9.17) is 4.18 Å². The van der Waals surface area contributed by atoms with Gasteiger partial charge < -0.3 is 0 Å². The van der Waals surface area contributed by atoms with E-state index in [0.29, 0.717) is 4.90 Å². The molecule has 0 spiro atoms. The van der Waals surface area contributed by atoms with Crippen LogP contribution in [-0.2, 0) is 33.6 Å². The predicted molar refractivity (Wildman–Crippen MR) is 110 cm³/mol. The molecule has 0 amide bonds. The molecule has 0 bridgehead atoms. The highest BCUT2D eigenvalue weighted by molar-refractivity contribution is 7.86. The monoisotopic (exact) mass is 382 g/mol. The average Bonchev–Trinajstić information content (AvgIpc) is 2.63. The van der Waals surface area contributed by atoms with E-state index in [1.54, 1.807) is 6.07 Å². The van der Waals surface area contributed by atoms with Gasteiger partial charge in [0.2, 0.25) is 0 Å². The van der Waals surface area contributed by atoms with E-state index in [0.717, 1.165) is 76.2 Å². The molecule has 0 fully saturated rings. The average molecular weight is 383 g/mol. The van der Waals surface area contributed by atoms with E-state index in [-0.39, 0.29) is 6.61 Å². The molecule has 3 nitrogen and oxygen atoms in total. The van der Waals surface area contributed by atoms with E-state index in [1.165, 1.54) is 11.1 Å². The van der Waals surface area contributed by atoms with Gasteiger partial charge in [0.25, 0.3) is 10.1 Å². The Labute approximate surface area is 161 Å². The smallest absolute Gasteiger partial charge is 0.266 e. The summed E-state index contributed by atoms with van der Waals surface area (Å²) < 4.78 is 31.0. The highest BCUT2D eigenvalue weighted by Gasteiger charge is 2.23. The summed E-state index contributed by atoms with van der Waals surface area (Å²) in [6.45, 7) is 8.84. The van der Waals surface area contributed by atoms with Crippen LogP contribution in [0.5, 0.6) is 0 Å². The Balaban J connectivity index is 3.34. The Morgan fingerprint density at radius 2 is 1.27 bits per heavy atom. The predicted octanol–water partition coefficient (Wildman–Crippen LogP) is 6.22. The van der Waals surface area contributed by atoms with Crippen LogP contribution >= 0.6 is 0 Å². The first-order valence-corrected chi connectivity index (χ1v) is 12.0. The van der Waals surface area contributed by atoms with Gasteiger partial charge in [-0.3, -0.25) is 4.18 Å². The van der Waals surface area contributed by atoms with Crippen molar-refractivity contribution in [2.24, 2.45) is 0 Å². The number of unbranched alkanes of at least 4 members (excludes halogenated alkanes) is 4. The summed E-state index contributed by atoms with van der Waals surface area (Å²) in [6, 6.07) is 3.83. The first kappa shape index (κ1) is 23.2. The molecule has 0 heterocycles. The zero-order chi connectivity index (χ0) is 19.4. The van der Waals surface area contributed by atoms with E-state index in [2.05, 4.69) is 20.8 Å². The van der Waals surface area contributed by atoms with Crippen molar-refractivity contribution in [1.29, 1.82) is 0 Å². The second-order valence-electron chi connectivity index (χ2n) is 7.12. The molecule has 4 heteroatoms. The summed E-state index contributed by atoms with van der Waals surface area (Å²) >= 11 is 0. The number of rotatable bonds is 14. The maximum atomic E-state index is 12.8. The number of aryl methyl sites for hydroxylation is 1. The molecule has 0 aromatic heterocycles. The molecule has 0 N–H and O–H groups in total. The fourth-order valence-corrected chi connectivity index (χ4v) is 4.45. The van der Waals surface area contributed by atoms with Crippen molar-refractivity contribution in [1.82, 2.24) is 0 Å². The summed E-state index contributed by atoms with van der Waals surface area (Å²) in [6.07, 6.45) is 11.1. The zero-order valence-corrected chi connectivity index (χ0v) is 18.1. The van der Waals surface area contributed by atoms with Gasteiger partial charge in [0.1, 0.15) is 0 Å². The van der Waals surface area contributed by atoms with Crippen LogP contribution in [0.25, 0.3) is 0 Å². The van der Waals surface area contributed by atoms with Gasteiger partial charge in [-0.1, -0.05) is 59.4 Å². The molecule has 0 aliphatic carbocycles. The standard InChI is InChI=1S/C22H38O3S/c1-5-9-13-19-16-17-22(26(23,24)25-18-12-8-4)21(15-11-7-3)20(19)14-10-6-2/h16-17H,5-15,18H2,1-4H3. The Bertz CT molecular complexity index is 621. The largest absolute Gasteiger partial charge is 0.297 e. The second-order valence-corrected chi connectivity index (χ2v) is 8.70. The van der Waals surface area contributed by atoms with Gasteiger partial charge >= 0.3 is 0 Å². The highest BCUT2D eigenvalue weighted by Crippen LogP contribution is 2.29. The summed E-state index contributed by atoms with van der Waals surface area (Å²) in [4.78, 5) is 0.411. The lowest BCUT2D eigenvalue weighted by molar-refractivity contribution is 0.310. The van der Waals surface area contributed by atoms with Gasteiger partial charge in [-0.25, -0.2) is 0 Å². The van der Waals surface area contributed by atoms with E-state index < -0.39 is 10.1 Å². The van der Waals surface area contributed by atoms with Crippen molar-refractivity contribution in [3.8, 4) is 0 Å². The molecular weight excluding hydrogens is 344 g/mol. The number of hydrogen-bond donors (Lipinski definition) is 0. The Kier molecular flexibility index (Phi) is 11.1. The number of hydrogen-bond acceptors (Lipinski definition) is 3. The van der Waals surface area contributed by atoms with E-state index in [1.807, 2.05) is 13.0 Å². The zero-order valence-electron chi connectivity index (χ0n) is 17.3. The molecule has 0 aliphatic rings. The quantitative estimate of drug-likeness (QED) is 0.283. The maximum absolute atomic E-state index is 12.8. The molecule has 1 aromatic carbocycles. The first-order valence-electron chi connectivity index (χ1n) is 10.5. The van der Waals surface area contributed by atoms with Crippen LogP contribution in [-0.4, -0.2) is 15.0 Å². The second kappa shape index (κ2) is 12.5. The lowest BCUT2D eigenvalue weighted by Gasteiger charge is -2.19. The lowest BCUT2D eigenvalue weighted by Crippen LogP contribution is -2.13. The van der Waals surface area contributed by atoms with Crippen molar-refractivity contribution in [3.63, 3.8) is 0 Å². The minimum Gasteiger partial charge on any atom is -0.266 e. The van der Waals surface area contributed by atoms with Crippen LogP contribution in [0.2, 0.25) is 0 Å². The molecule has 0 atom stereocenters. The van der Waals surface area contributed by atoms with Crippen LogP contribution in [0.4, 0.5) is 0 Å². The third-order valence-corrected chi connectivity index (χ3v) is 6.25. The van der Waals surface area contributed by atoms with Crippen LogP contribution in [0.15, 0.2) is 17.0 Å². The maximum Gasteiger partial charge on any atom is 0.297 e. The van der Waals surface area contributed by atoms with Gasteiger partial charge in [-0.05, 0) is 67.7 Å². The fourth-order valence-electron chi connectivity index (χ4n) is 3.22. The minimum atomic E-state index is -3.68. The normalized spacial score (nSPS) is 11.8. The first-order chi connectivity index (χ1) is 12.5. The lowest BCUT2D eigenvalue weighted by atomic mass is 9.91. The molecule has 1 rings (SSSR count). The molecule has 0 unspecified atom stereocenters. The minimum absolute atomic E-state index is 0.272. The summed E-state index contributed by atoms with van der Waals surface area (Å²) in [7, 11) is -3.68. The molecule has 26 heavy (non-hydrogen) atoms. The van der Waals surface area contributed by atoms with E-state index in [9.17, 15) is 8.42 Å². The van der Waals surface area contributed by atoms with E-state index >= 15 is 0 Å². The molecular formula is C22H38O3S. The molecule has 1 aromatic rings. The summed E-state index contributed by atoms with van der Waals surface area (Å²) in [5.74, 6) is 0. The SMILES string of the molecule is CCCCOS(=O)(=O)c1ccc(CCCC)c(CCCC)c1CCCC. The molecule has 0 radical (unpaired) electrons. The molecule has 0 saturated carbocycles. The summed E-state index contributed by atoms with van der Waals surface area (Å²) in [5.41, 5.74) is 3.62. The Morgan fingerprint density at radius 1 is 0.731 bits per heavy atom. The third-order valence-electron chi connectivity index (χ3n) is 4.85. The van der Waals surface area contributed by atoms with Crippen LogP contribution in [0.1, 0.15) is 95.8 Å². The topological polar surface area (TPSA) is 43.4 Å². The fraction of sp³-hybridized carbons (Fsp3) is 0.727. The van der Waals surface area contributed by atoms with Crippen LogP contribution in [0.3, 0.4) is 0 Å². The molecule has 0 saturated heterocycles. The van der Waals surface area contributed by atoms with Gasteiger partial charge in [0, 0.05) is 0 Å². The van der Waals surface area contributed by atoms with Crippen molar-refractivity contribution in [2.75, 3.05) is 6.61 Å². The van der Waals surface area contributed by atoms with Gasteiger partial charge in [-0.2, -0.15) is 8.42 Å². The van der Waals surface area contributed by atoms with Gasteiger partial charge in [-0.15, -0.1) is 0 Å². The third kappa shape index (κ3) is 7.03. The van der Waals surface area contributed by atoms with Crippen molar-refractivity contribution >= 4 is 10.1 Å². The summed E-state index contributed by atoms with van der Waals surface area (Å²) in [5, 5.41) is 0. The van der Waals surface area contributed by atoms with Crippen LogP contribution in [0, 0.1) is 0 Å². The van der Waals surface area contributed by atoms with Gasteiger partial charge in [0.15, 0.2) is 0 Å². The van der Waals surface area contributed by atoms with Crippen molar-refractivity contribution in [3.05, 3.63) is 28.8 Å².